The zero-order chi connectivity index (χ0) is 22.2. The van der Waals surface area contributed by atoms with Crippen LogP contribution in [0.2, 0.25) is 0 Å². The normalized spacial score (nSPS) is 16.4. The molecule has 1 aliphatic rings. The Kier molecular flexibility index (Phi) is 8.43. The minimum absolute atomic E-state index is 0.0108. The lowest BCUT2D eigenvalue weighted by Crippen LogP contribution is -2.48. The number of nitrogens with zero attached hydrogens (tertiary/aromatic N) is 1. The Hall–Kier alpha value is -2.44. The van der Waals surface area contributed by atoms with Crippen LogP contribution >= 0.6 is 0 Å². The van der Waals surface area contributed by atoms with Gasteiger partial charge in [0.15, 0.2) is 0 Å². The summed E-state index contributed by atoms with van der Waals surface area (Å²) in [5, 5.41) is 8.33. The van der Waals surface area contributed by atoms with E-state index >= 15 is 0 Å². The summed E-state index contributed by atoms with van der Waals surface area (Å²) in [6.45, 7) is 8.77. The first kappa shape index (κ1) is 23.2. The molecule has 2 aromatic rings. The third-order valence-corrected chi connectivity index (χ3v) is 5.92. The Labute approximate surface area is 185 Å². The maximum Gasteiger partial charge on any atom is 0.241 e. The second-order valence-corrected chi connectivity index (χ2v) is 8.60. The van der Waals surface area contributed by atoms with Crippen molar-refractivity contribution < 1.29 is 14.3 Å². The molecule has 2 amide bonds. The quantitative estimate of drug-likeness (QED) is 0.600. The van der Waals surface area contributed by atoms with Gasteiger partial charge in [0.1, 0.15) is 0 Å². The Bertz CT molecular complexity index is 875. The largest absolute Gasteiger partial charge is 0.379 e. The number of hydrogen-bond donors (Lipinski definition) is 2. The van der Waals surface area contributed by atoms with Crippen molar-refractivity contribution in [3.05, 3.63) is 42.5 Å². The van der Waals surface area contributed by atoms with Crippen LogP contribution in [0.25, 0.3) is 10.8 Å². The molecule has 31 heavy (non-hydrogen) atoms. The molecule has 0 bridgehead atoms. The van der Waals surface area contributed by atoms with E-state index in [4.69, 9.17) is 4.74 Å². The van der Waals surface area contributed by atoms with E-state index in [1.54, 1.807) is 0 Å². The van der Waals surface area contributed by atoms with Gasteiger partial charge in [-0.15, -0.1) is 0 Å². The Balaban J connectivity index is 1.42. The molecule has 0 radical (unpaired) electrons. The van der Waals surface area contributed by atoms with Gasteiger partial charge in [-0.1, -0.05) is 30.3 Å². The van der Waals surface area contributed by atoms with Gasteiger partial charge in [-0.2, -0.15) is 0 Å². The number of rotatable bonds is 9. The lowest BCUT2D eigenvalue weighted by molar-refractivity contribution is -0.127. The van der Waals surface area contributed by atoms with Gasteiger partial charge >= 0.3 is 0 Å². The first-order valence-corrected chi connectivity index (χ1v) is 11.4. The Morgan fingerprint density at radius 3 is 2.48 bits per heavy atom. The molecule has 6 heteroatoms. The highest BCUT2D eigenvalue weighted by atomic mass is 16.5. The molecular weight excluding hydrogens is 390 g/mol. The number of amides is 2. The van der Waals surface area contributed by atoms with E-state index in [1.807, 2.05) is 57.2 Å². The summed E-state index contributed by atoms with van der Waals surface area (Å²) in [5.74, 6) is 0.138. The van der Waals surface area contributed by atoms with Crippen LogP contribution in [0.1, 0.15) is 40.0 Å². The number of carbonyl (C=O) groups is 2. The molecule has 1 heterocycles. The highest BCUT2D eigenvalue weighted by Gasteiger charge is 2.29. The van der Waals surface area contributed by atoms with E-state index in [-0.39, 0.29) is 29.9 Å². The van der Waals surface area contributed by atoms with Gasteiger partial charge in [0, 0.05) is 24.8 Å². The van der Waals surface area contributed by atoms with Crippen molar-refractivity contribution in [2.24, 2.45) is 5.92 Å². The van der Waals surface area contributed by atoms with E-state index in [2.05, 4.69) is 21.6 Å². The van der Waals surface area contributed by atoms with Gasteiger partial charge in [-0.05, 0) is 76.0 Å². The van der Waals surface area contributed by atoms with Crippen LogP contribution in [0, 0.1) is 5.92 Å². The van der Waals surface area contributed by atoms with Gasteiger partial charge in [0.05, 0.1) is 12.1 Å². The topological polar surface area (TPSA) is 70.7 Å². The van der Waals surface area contributed by atoms with E-state index in [9.17, 15) is 9.59 Å². The number of fused-ring (bicyclic) bond motifs is 1. The lowest BCUT2D eigenvalue weighted by atomic mass is 9.95. The zero-order valence-corrected chi connectivity index (χ0v) is 18.9. The molecule has 1 unspecified atom stereocenters. The summed E-state index contributed by atoms with van der Waals surface area (Å²) in [7, 11) is 0. The van der Waals surface area contributed by atoms with Crippen LogP contribution in [-0.2, 0) is 14.3 Å². The fraction of sp³-hybridized carbons (Fsp3) is 0.520. The Morgan fingerprint density at radius 1 is 1.06 bits per heavy atom. The summed E-state index contributed by atoms with van der Waals surface area (Å²) in [5.41, 5.74) is 0.811. The average Bonchev–Trinajstić information content (AvgIpc) is 2.78. The van der Waals surface area contributed by atoms with Crippen LogP contribution in [-0.4, -0.2) is 55.1 Å². The second kappa shape index (κ2) is 11.3. The molecule has 2 aromatic carbocycles. The monoisotopic (exact) mass is 425 g/mol. The summed E-state index contributed by atoms with van der Waals surface area (Å²) >= 11 is 0. The minimum atomic E-state index is -0.233. The van der Waals surface area contributed by atoms with Gasteiger partial charge in [0.2, 0.25) is 11.8 Å². The number of nitrogens with one attached hydrogen (secondary N) is 2. The average molecular weight is 426 g/mol. The summed E-state index contributed by atoms with van der Waals surface area (Å²) in [4.78, 5) is 27.3. The SMILES string of the molecule is CC(C)OCCCNC(=O)C1CCN(C(C)C(=O)Nc2ccc3ccccc3c2)CC1. The van der Waals surface area contributed by atoms with E-state index < -0.39 is 0 Å². The number of likely N-dealkylation sites (tertiary alicyclic amines) is 1. The zero-order valence-electron chi connectivity index (χ0n) is 18.9. The van der Waals surface area contributed by atoms with E-state index in [0.29, 0.717) is 13.2 Å². The first-order chi connectivity index (χ1) is 14.9. The van der Waals surface area contributed by atoms with E-state index in [1.165, 1.54) is 0 Å². The number of hydrogen-bond acceptors (Lipinski definition) is 4. The van der Waals surface area contributed by atoms with Crippen molar-refractivity contribution in [3.63, 3.8) is 0 Å². The molecule has 0 aliphatic carbocycles. The van der Waals surface area contributed by atoms with Crippen molar-refractivity contribution in [3.8, 4) is 0 Å². The third-order valence-electron chi connectivity index (χ3n) is 5.92. The smallest absolute Gasteiger partial charge is 0.241 e. The van der Waals surface area contributed by atoms with Crippen LogP contribution < -0.4 is 10.6 Å². The van der Waals surface area contributed by atoms with E-state index in [0.717, 1.165) is 48.8 Å². The standard InChI is InChI=1S/C25H35N3O3/c1-18(2)31-16-6-13-26-25(30)21-11-14-28(15-12-21)19(3)24(29)27-23-10-9-20-7-4-5-8-22(20)17-23/h4-5,7-10,17-19,21H,6,11-16H2,1-3H3,(H,26,30)(H,27,29). The minimum Gasteiger partial charge on any atom is -0.379 e. The number of ether oxygens (including phenoxy) is 1. The molecule has 0 aromatic heterocycles. The number of anilines is 1. The molecule has 1 aliphatic heterocycles. The highest BCUT2D eigenvalue weighted by molar-refractivity contribution is 5.97. The summed E-state index contributed by atoms with van der Waals surface area (Å²) in [6.07, 6.45) is 2.61. The summed E-state index contributed by atoms with van der Waals surface area (Å²) in [6, 6.07) is 13.8. The van der Waals surface area contributed by atoms with Crippen molar-refractivity contribution in [2.75, 3.05) is 31.6 Å². The fourth-order valence-electron chi connectivity index (χ4n) is 3.98. The van der Waals surface area contributed by atoms with Crippen molar-refractivity contribution in [1.82, 2.24) is 10.2 Å². The molecule has 1 atom stereocenters. The molecule has 1 fully saturated rings. The Morgan fingerprint density at radius 2 is 1.77 bits per heavy atom. The van der Waals surface area contributed by atoms with Crippen molar-refractivity contribution in [1.29, 1.82) is 0 Å². The molecule has 168 valence electrons. The number of benzene rings is 2. The predicted molar refractivity (Wildman–Crippen MR) is 125 cm³/mol. The maximum atomic E-state index is 12.8. The highest BCUT2D eigenvalue weighted by Crippen LogP contribution is 2.22. The van der Waals surface area contributed by atoms with Crippen LogP contribution in [0.4, 0.5) is 5.69 Å². The molecule has 1 saturated heterocycles. The number of piperidine rings is 1. The molecule has 0 spiro atoms. The van der Waals surface area contributed by atoms with Crippen LogP contribution in [0.3, 0.4) is 0 Å². The first-order valence-electron chi connectivity index (χ1n) is 11.4. The van der Waals surface area contributed by atoms with Gasteiger partial charge in [-0.3, -0.25) is 14.5 Å². The van der Waals surface area contributed by atoms with Gasteiger partial charge < -0.3 is 15.4 Å². The summed E-state index contributed by atoms with van der Waals surface area (Å²) < 4.78 is 5.50. The maximum absolute atomic E-state index is 12.8. The molecule has 0 saturated carbocycles. The van der Waals surface area contributed by atoms with Crippen LogP contribution in [0.15, 0.2) is 42.5 Å². The van der Waals surface area contributed by atoms with Gasteiger partial charge in [0.25, 0.3) is 0 Å². The number of carbonyl (C=O) groups excluding carboxylic acids is 2. The molecule has 2 N–H and O–H groups in total. The molecular formula is C25H35N3O3. The van der Waals surface area contributed by atoms with Crippen LogP contribution in [0.5, 0.6) is 0 Å². The third kappa shape index (κ3) is 6.77. The van der Waals surface area contributed by atoms with Crippen molar-refractivity contribution >= 4 is 28.3 Å². The van der Waals surface area contributed by atoms with Crippen molar-refractivity contribution in [2.45, 2.75) is 52.2 Å². The second-order valence-electron chi connectivity index (χ2n) is 8.60. The predicted octanol–water partition coefficient (Wildman–Crippen LogP) is 3.81. The molecule has 3 rings (SSSR count). The molecule has 6 nitrogen and oxygen atoms in total. The van der Waals surface area contributed by atoms with Gasteiger partial charge in [-0.25, -0.2) is 0 Å². The fourth-order valence-corrected chi connectivity index (χ4v) is 3.98. The lowest BCUT2D eigenvalue weighted by Gasteiger charge is -2.34.